The summed E-state index contributed by atoms with van der Waals surface area (Å²) in [6.07, 6.45) is 0. The Morgan fingerprint density at radius 3 is 2.71 bits per heavy atom. The second-order valence-corrected chi connectivity index (χ2v) is 6.26. The average Bonchev–Trinajstić information content (AvgIpc) is 2.90. The van der Waals surface area contributed by atoms with Crippen LogP contribution in [0.1, 0.15) is 27.4 Å². The number of ether oxygens (including phenoxy) is 1. The summed E-state index contributed by atoms with van der Waals surface area (Å²) in [7, 11) is 0. The number of nitrogens with zero attached hydrogens (tertiary/aromatic N) is 2. The summed E-state index contributed by atoms with van der Waals surface area (Å²) in [5.74, 6) is 0.253. The van der Waals surface area contributed by atoms with Crippen molar-refractivity contribution in [2.45, 2.75) is 20.4 Å². The lowest BCUT2D eigenvalue weighted by molar-refractivity contribution is 0.0342. The monoisotopic (exact) mass is 349 g/mol. The molecule has 3 rings (SSSR count). The molecule has 1 amide bonds. The highest BCUT2D eigenvalue weighted by atomic mass is 35.5. The number of carbonyl (C=O) groups is 1. The minimum atomic E-state index is -0.247. The van der Waals surface area contributed by atoms with E-state index < -0.39 is 0 Å². The number of aromatic nitrogens is 1. The highest BCUT2D eigenvalue weighted by molar-refractivity contribution is 6.31. The molecule has 1 saturated heterocycles. The van der Waals surface area contributed by atoms with Crippen LogP contribution in [0, 0.1) is 13.8 Å². The van der Waals surface area contributed by atoms with Crippen molar-refractivity contribution in [2.24, 2.45) is 0 Å². The number of hydrogen-bond donors (Lipinski definition) is 1. The average molecular weight is 350 g/mol. The Labute approximate surface area is 145 Å². The molecule has 2 aromatic rings. The molecule has 0 spiro atoms. The van der Waals surface area contributed by atoms with Crippen molar-refractivity contribution in [3.8, 4) is 0 Å². The Hall–Kier alpha value is -1.89. The maximum absolute atomic E-state index is 12.4. The van der Waals surface area contributed by atoms with Crippen molar-refractivity contribution in [1.82, 2.24) is 10.1 Å². The van der Waals surface area contributed by atoms with Gasteiger partial charge in [-0.25, -0.2) is 0 Å². The minimum Gasteiger partial charge on any atom is -0.379 e. The van der Waals surface area contributed by atoms with Crippen LogP contribution < -0.4 is 5.32 Å². The molecule has 2 heterocycles. The number of benzene rings is 1. The van der Waals surface area contributed by atoms with Crippen LogP contribution in [-0.2, 0) is 11.3 Å². The summed E-state index contributed by atoms with van der Waals surface area (Å²) in [4.78, 5) is 14.7. The van der Waals surface area contributed by atoms with Gasteiger partial charge in [0.25, 0.3) is 5.91 Å². The SMILES string of the molecule is Cc1noc(C)c1C(=O)Nc1ccc(CN2CCOCC2)c(Cl)c1. The second-order valence-electron chi connectivity index (χ2n) is 5.85. The van der Waals surface area contributed by atoms with Crippen LogP contribution in [0.5, 0.6) is 0 Å². The molecular formula is C17H20ClN3O3. The van der Waals surface area contributed by atoms with Gasteiger partial charge in [0, 0.05) is 30.3 Å². The molecule has 7 heteroatoms. The molecule has 0 bridgehead atoms. The minimum absolute atomic E-state index is 0.247. The standard InChI is InChI=1S/C17H20ClN3O3/c1-11-16(12(2)24-20-11)17(22)19-14-4-3-13(15(18)9-14)10-21-5-7-23-8-6-21/h3-4,9H,5-8,10H2,1-2H3,(H,19,22). The zero-order valence-corrected chi connectivity index (χ0v) is 14.5. The van der Waals surface area contributed by atoms with Crippen molar-refractivity contribution >= 4 is 23.2 Å². The maximum Gasteiger partial charge on any atom is 0.261 e. The van der Waals surface area contributed by atoms with Crippen LogP contribution in [0.15, 0.2) is 22.7 Å². The summed E-state index contributed by atoms with van der Waals surface area (Å²) >= 11 is 6.38. The number of aryl methyl sites for hydroxylation is 2. The molecule has 0 saturated carbocycles. The molecule has 24 heavy (non-hydrogen) atoms. The number of rotatable bonds is 4. The predicted molar refractivity (Wildman–Crippen MR) is 91.5 cm³/mol. The molecule has 1 fully saturated rings. The maximum atomic E-state index is 12.4. The first kappa shape index (κ1) is 17.0. The van der Waals surface area contributed by atoms with E-state index in [1.165, 1.54) is 0 Å². The summed E-state index contributed by atoms with van der Waals surface area (Å²) in [5.41, 5.74) is 2.72. The number of hydrogen-bond acceptors (Lipinski definition) is 5. The number of morpholine rings is 1. The molecule has 1 aliphatic heterocycles. The number of carbonyl (C=O) groups excluding carboxylic acids is 1. The highest BCUT2D eigenvalue weighted by Gasteiger charge is 2.18. The van der Waals surface area contributed by atoms with Crippen molar-refractivity contribution in [3.05, 3.63) is 45.8 Å². The van der Waals surface area contributed by atoms with E-state index in [2.05, 4.69) is 15.4 Å². The van der Waals surface area contributed by atoms with E-state index in [9.17, 15) is 4.79 Å². The third-order valence-corrected chi connectivity index (χ3v) is 4.42. The van der Waals surface area contributed by atoms with Gasteiger partial charge >= 0.3 is 0 Å². The van der Waals surface area contributed by atoms with E-state index in [0.717, 1.165) is 38.4 Å². The lowest BCUT2D eigenvalue weighted by Crippen LogP contribution is -2.35. The van der Waals surface area contributed by atoms with Gasteiger partial charge in [-0.2, -0.15) is 0 Å². The zero-order chi connectivity index (χ0) is 17.1. The number of amides is 1. The van der Waals surface area contributed by atoms with Gasteiger partial charge in [-0.15, -0.1) is 0 Å². The topological polar surface area (TPSA) is 67.6 Å². The van der Waals surface area contributed by atoms with E-state index >= 15 is 0 Å². The molecule has 1 aliphatic rings. The molecule has 128 valence electrons. The normalized spacial score (nSPS) is 15.5. The number of nitrogens with one attached hydrogen (secondary N) is 1. The van der Waals surface area contributed by atoms with E-state index in [-0.39, 0.29) is 5.91 Å². The van der Waals surface area contributed by atoms with Gasteiger partial charge in [-0.05, 0) is 31.5 Å². The Balaban J connectivity index is 1.69. The molecule has 1 aromatic carbocycles. The van der Waals surface area contributed by atoms with Crippen molar-refractivity contribution < 1.29 is 14.1 Å². The Kier molecular flexibility index (Phi) is 5.18. The van der Waals surface area contributed by atoms with Gasteiger partial charge in [0.1, 0.15) is 11.3 Å². The van der Waals surface area contributed by atoms with E-state index in [1.54, 1.807) is 19.9 Å². The first-order valence-electron chi connectivity index (χ1n) is 7.87. The molecule has 1 N–H and O–H groups in total. The quantitative estimate of drug-likeness (QED) is 0.919. The second kappa shape index (κ2) is 7.34. The fourth-order valence-electron chi connectivity index (χ4n) is 2.75. The molecule has 0 atom stereocenters. The molecule has 0 aliphatic carbocycles. The van der Waals surface area contributed by atoms with Gasteiger partial charge < -0.3 is 14.6 Å². The lowest BCUT2D eigenvalue weighted by Gasteiger charge is -2.27. The summed E-state index contributed by atoms with van der Waals surface area (Å²) < 4.78 is 10.4. The fraction of sp³-hybridized carbons (Fsp3) is 0.412. The Morgan fingerprint density at radius 1 is 1.33 bits per heavy atom. The van der Waals surface area contributed by atoms with E-state index in [4.69, 9.17) is 20.9 Å². The van der Waals surface area contributed by atoms with Crippen LogP contribution >= 0.6 is 11.6 Å². The predicted octanol–water partition coefficient (Wildman–Crippen LogP) is 3.03. The van der Waals surface area contributed by atoms with Gasteiger partial charge in [0.05, 0.1) is 18.9 Å². The van der Waals surface area contributed by atoms with E-state index in [0.29, 0.717) is 27.7 Å². The van der Waals surface area contributed by atoms with E-state index in [1.807, 2.05) is 12.1 Å². The smallest absolute Gasteiger partial charge is 0.261 e. The van der Waals surface area contributed by atoms with Crippen molar-refractivity contribution in [1.29, 1.82) is 0 Å². The first-order valence-corrected chi connectivity index (χ1v) is 8.25. The van der Waals surface area contributed by atoms with Gasteiger partial charge in [0.2, 0.25) is 0 Å². The summed E-state index contributed by atoms with van der Waals surface area (Å²) in [6, 6.07) is 5.58. The summed E-state index contributed by atoms with van der Waals surface area (Å²) in [5, 5.41) is 7.28. The number of anilines is 1. The van der Waals surface area contributed by atoms with Crippen LogP contribution in [0.25, 0.3) is 0 Å². The Morgan fingerprint density at radius 2 is 2.08 bits per heavy atom. The fourth-order valence-corrected chi connectivity index (χ4v) is 2.99. The molecular weight excluding hydrogens is 330 g/mol. The molecule has 0 radical (unpaired) electrons. The molecule has 6 nitrogen and oxygen atoms in total. The van der Waals surface area contributed by atoms with Crippen molar-refractivity contribution in [3.63, 3.8) is 0 Å². The van der Waals surface area contributed by atoms with Gasteiger partial charge in [-0.3, -0.25) is 9.69 Å². The third kappa shape index (κ3) is 3.77. The third-order valence-electron chi connectivity index (χ3n) is 4.07. The first-order chi connectivity index (χ1) is 11.5. The summed E-state index contributed by atoms with van der Waals surface area (Å²) in [6.45, 7) is 7.55. The van der Waals surface area contributed by atoms with Gasteiger partial charge in [-0.1, -0.05) is 22.8 Å². The lowest BCUT2D eigenvalue weighted by atomic mass is 10.1. The molecule has 1 aromatic heterocycles. The number of halogens is 1. The largest absolute Gasteiger partial charge is 0.379 e. The zero-order valence-electron chi connectivity index (χ0n) is 13.8. The Bertz CT molecular complexity index is 719. The van der Waals surface area contributed by atoms with Crippen LogP contribution in [0.4, 0.5) is 5.69 Å². The van der Waals surface area contributed by atoms with Crippen molar-refractivity contribution in [2.75, 3.05) is 31.6 Å². The van der Waals surface area contributed by atoms with Crippen LogP contribution in [-0.4, -0.2) is 42.3 Å². The highest BCUT2D eigenvalue weighted by Crippen LogP contribution is 2.24. The van der Waals surface area contributed by atoms with Crippen LogP contribution in [0.2, 0.25) is 5.02 Å². The van der Waals surface area contributed by atoms with Crippen LogP contribution in [0.3, 0.4) is 0 Å². The van der Waals surface area contributed by atoms with Gasteiger partial charge in [0.15, 0.2) is 0 Å². The molecule has 0 unspecified atom stereocenters.